The molecule has 0 spiro atoms. The maximum absolute atomic E-state index is 11.3. The molecule has 0 amide bonds. The molecule has 0 heterocycles. The Hall–Kier alpha value is -1.19. The lowest BCUT2D eigenvalue weighted by atomic mass is 9.99. The predicted molar refractivity (Wildman–Crippen MR) is 71.0 cm³/mol. The smallest absolute Gasteiger partial charge is 0.135 e. The van der Waals surface area contributed by atoms with Crippen LogP contribution in [0.3, 0.4) is 0 Å². The Balaban J connectivity index is 2.49. The molecular weight excluding hydrogens is 228 g/mol. The number of hydrogen-bond acceptors (Lipinski definition) is 3. The zero-order valence-electron chi connectivity index (χ0n) is 11.6. The molecule has 0 aromatic heterocycles. The van der Waals surface area contributed by atoms with Gasteiger partial charge in [-0.05, 0) is 26.3 Å². The van der Waals surface area contributed by atoms with Crippen molar-refractivity contribution in [3.63, 3.8) is 0 Å². The van der Waals surface area contributed by atoms with Crippen LogP contribution in [0.15, 0.2) is 30.3 Å². The highest BCUT2D eigenvalue weighted by Gasteiger charge is 2.24. The van der Waals surface area contributed by atoms with Gasteiger partial charge in [0.25, 0.3) is 0 Å². The number of ketones is 1. The highest BCUT2D eigenvalue weighted by Crippen LogP contribution is 2.25. The highest BCUT2D eigenvalue weighted by molar-refractivity contribution is 5.78. The highest BCUT2D eigenvalue weighted by atomic mass is 17.2. The van der Waals surface area contributed by atoms with Gasteiger partial charge in [0.05, 0.1) is 6.10 Å². The van der Waals surface area contributed by atoms with Gasteiger partial charge in [0, 0.05) is 12.8 Å². The Labute approximate surface area is 109 Å². The summed E-state index contributed by atoms with van der Waals surface area (Å²) in [6.45, 7) is 7.58. The Bertz CT molecular complexity index is 371. The molecule has 0 radical (unpaired) electrons. The Morgan fingerprint density at radius 2 is 1.89 bits per heavy atom. The molecule has 0 saturated heterocycles. The van der Waals surface area contributed by atoms with E-state index in [0.29, 0.717) is 12.8 Å². The molecule has 3 heteroatoms. The van der Waals surface area contributed by atoms with Gasteiger partial charge >= 0.3 is 0 Å². The Morgan fingerprint density at radius 1 is 1.28 bits per heavy atom. The normalized spacial score (nSPS) is 13.3. The van der Waals surface area contributed by atoms with Crippen LogP contribution in [0.1, 0.15) is 46.1 Å². The van der Waals surface area contributed by atoms with Gasteiger partial charge in [0.2, 0.25) is 0 Å². The lowest BCUT2D eigenvalue weighted by Crippen LogP contribution is -2.25. The first-order chi connectivity index (χ1) is 8.45. The largest absolute Gasteiger partial charge is 0.300 e. The minimum atomic E-state index is -0.523. The molecule has 1 atom stereocenters. The van der Waals surface area contributed by atoms with Gasteiger partial charge in [-0.15, -0.1) is 0 Å². The topological polar surface area (TPSA) is 35.5 Å². The lowest BCUT2D eigenvalue weighted by molar-refractivity contribution is -0.378. The molecule has 18 heavy (non-hydrogen) atoms. The van der Waals surface area contributed by atoms with Crippen molar-refractivity contribution in [2.75, 3.05) is 0 Å². The molecule has 3 nitrogen and oxygen atoms in total. The van der Waals surface area contributed by atoms with E-state index in [1.807, 2.05) is 58.0 Å². The van der Waals surface area contributed by atoms with Gasteiger partial charge in [0.1, 0.15) is 11.4 Å². The van der Waals surface area contributed by atoms with Crippen molar-refractivity contribution in [2.24, 2.45) is 0 Å². The molecule has 100 valence electrons. The summed E-state index contributed by atoms with van der Waals surface area (Å²) in [4.78, 5) is 22.1. The van der Waals surface area contributed by atoms with Crippen LogP contribution in [0.4, 0.5) is 0 Å². The zero-order valence-corrected chi connectivity index (χ0v) is 11.6. The first-order valence-electron chi connectivity index (χ1n) is 6.37. The molecular formula is C15H22O3. The molecule has 1 aromatic rings. The number of rotatable bonds is 7. The van der Waals surface area contributed by atoms with Gasteiger partial charge in [-0.25, -0.2) is 9.78 Å². The van der Waals surface area contributed by atoms with Crippen LogP contribution >= 0.6 is 0 Å². The predicted octanol–water partition coefficient (Wildman–Crippen LogP) is 3.63. The first kappa shape index (κ1) is 14.9. The van der Waals surface area contributed by atoms with Crippen molar-refractivity contribution in [1.82, 2.24) is 0 Å². The summed E-state index contributed by atoms with van der Waals surface area (Å²) in [6, 6.07) is 9.87. The lowest BCUT2D eigenvalue weighted by Gasteiger charge is -2.25. The van der Waals surface area contributed by atoms with E-state index in [1.165, 1.54) is 0 Å². The van der Waals surface area contributed by atoms with Crippen molar-refractivity contribution in [1.29, 1.82) is 0 Å². The molecule has 0 saturated carbocycles. The van der Waals surface area contributed by atoms with Crippen molar-refractivity contribution < 1.29 is 14.6 Å². The van der Waals surface area contributed by atoms with Gasteiger partial charge in [-0.1, -0.05) is 37.3 Å². The number of carbonyl (C=O) groups excluding carboxylic acids is 1. The Kier molecular flexibility index (Phi) is 5.51. The van der Waals surface area contributed by atoms with Crippen molar-refractivity contribution in [2.45, 2.75) is 52.2 Å². The van der Waals surface area contributed by atoms with Gasteiger partial charge in [0.15, 0.2) is 0 Å². The van der Waals surface area contributed by atoms with Crippen molar-refractivity contribution in [3.8, 4) is 0 Å². The van der Waals surface area contributed by atoms with E-state index in [9.17, 15) is 4.79 Å². The van der Waals surface area contributed by atoms with Crippen LogP contribution in [0, 0.1) is 0 Å². The molecule has 0 bridgehead atoms. The van der Waals surface area contributed by atoms with Crippen molar-refractivity contribution in [3.05, 3.63) is 35.9 Å². The van der Waals surface area contributed by atoms with E-state index in [2.05, 4.69) is 0 Å². The molecule has 1 aromatic carbocycles. The van der Waals surface area contributed by atoms with E-state index in [-0.39, 0.29) is 11.9 Å². The summed E-state index contributed by atoms with van der Waals surface area (Å²) >= 11 is 0. The standard InChI is InChI=1S/C15H22O3/c1-5-14(16)11-12(2)17-18-15(3,4)13-9-7-6-8-10-13/h6-10,12H,5,11H2,1-4H3/t12-/m1/s1. The van der Waals surface area contributed by atoms with Crippen LogP contribution in [0.5, 0.6) is 0 Å². The van der Waals surface area contributed by atoms with E-state index in [1.54, 1.807) is 0 Å². The molecule has 0 N–H and O–H groups in total. The Morgan fingerprint density at radius 3 is 2.44 bits per heavy atom. The van der Waals surface area contributed by atoms with Gasteiger partial charge in [-0.2, -0.15) is 0 Å². The maximum atomic E-state index is 11.3. The van der Waals surface area contributed by atoms with E-state index in [4.69, 9.17) is 9.78 Å². The van der Waals surface area contributed by atoms with E-state index >= 15 is 0 Å². The third kappa shape index (κ3) is 4.59. The van der Waals surface area contributed by atoms with Crippen LogP contribution in [0.25, 0.3) is 0 Å². The quantitative estimate of drug-likeness (QED) is 0.547. The number of benzene rings is 1. The van der Waals surface area contributed by atoms with E-state index < -0.39 is 5.60 Å². The van der Waals surface area contributed by atoms with Crippen LogP contribution < -0.4 is 0 Å². The summed E-state index contributed by atoms with van der Waals surface area (Å²) in [6.07, 6.45) is 0.706. The average Bonchev–Trinajstić information content (AvgIpc) is 2.37. The molecule has 0 aliphatic rings. The summed E-state index contributed by atoms with van der Waals surface area (Å²) in [5.74, 6) is 0.184. The second kappa shape index (κ2) is 6.66. The summed E-state index contributed by atoms with van der Waals surface area (Å²) < 4.78 is 0. The van der Waals surface area contributed by atoms with Crippen LogP contribution in [-0.2, 0) is 20.2 Å². The van der Waals surface area contributed by atoms with Crippen LogP contribution in [-0.4, -0.2) is 11.9 Å². The molecule has 1 rings (SSSR count). The molecule has 0 unspecified atom stereocenters. The first-order valence-corrected chi connectivity index (χ1v) is 6.37. The number of carbonyl (C=O) groups is 1. The monoisotopic (exact) mass is 250 g/mol. The number of Topliss-reactive ketones (excluding diaryl/α,β-unsaturated/α-hetero) is 1. The minimum Gasteiger partial charge on any atom is -0.300 e. The third-order valence-electron chi connectivity index (χ3n) is 2.80. The average molecular weight is 250 g/mol. The summed E-state index contributed by atoms with van der Waals surface area (Å²) in [5.41, 5.74) is 0.518. The second-order valence-corrected chi connectivity index (χ2v) is 4.96. The molecule has 0 fully saturated rings. The fraction of sp³-hybridized carbons (Fsp3) is 0.533. The minimum absolute atomic E-state index is 0.184. The molecule has 0 aliphatic heterocycles. The van der Waals surface area contributed by atoms with E-state index in [0.717, 1.165) is 5.56 Å². The third-order valence-corrected chi connectivity index (χ3v) is 2.80. The SMILES string of the molecule is CCC(=O)C[C@@H](C)OOC(C)(C)c1ccccc1. The second-order valence-electron chi connectivity index (χ2n) is 4.96. The summed E-state index contributed by atoms with van der Waals surface area (Å²) in [7, 11) is 0. The fourth-order valence-electron chi connectivity index (χ4n) is 1.59. The van der Waals surface area contributed by atoms with Gasteiger partial charge < -0.3 is 0 Å². The zero-order chi connectivity index (χ0) is 13.6. The van der Waals surface area contributed by atoms with Crippen LogP contribution in [0.2, 0.25) is 0 Å². The maximum Gasteiger partial charge on any atom is 0.135 e. The fourth-order valence-corrected chi connectivity index (χ4v) is 1.59. The summed E-state index contributed by atoms with van der Waals surface area (Å²) in [5, 5.41) is 0. The number of hydrogen-bond donors (Lipinski definition) is 0. The molecule has 0 aliphatic carbocycles. The van der Waals surface area contributed by atoms with Gasteiger partial charge in [-0.3, -0.25) is 4.79 Å². The van der Waals surface area contributed by atoms with Crippen molar-refractivity contribution >= 4 is 5.78 Å².